The molecule has 1 saturated heterocycles. The second-order valence-corrected chi connectivity index (χ2v) is 8.77. The lowest BCUT2D eigenvalue weighted by Gasteiger charge is -2.37. The molecule has 0 saturated carbocycles. The predicted molar refractivity (Wildman–Crippen MR) is 125 cm³/mol. The summed E-state index contributed by atoms with van der Waals surface area (Å²) in [5.74, 6) is -0.426. The molecule has 33 heavy (non-hydrogen) atoms. The van der Waals surface area contributed by atoms with E-state index >= 15 is 0 Å². The fraction of sp³-hybridized carbons (Fsp3) is 0.269. The molecule has 7 heteroatoms. The number of nitrogens with zero attached hydrogens (tertiary/aromatic N) is 3. The highest BCUT2D eigenvalue weighted by Crippen LogP contribution is 2.34. The van der Waals surface area contributed by atoms with Crippen LogP contribution in [-0.2, 0) is 18.5 Å². The highest BCUT2D eigenvalue weighted by atomic mass is 35.5. The van der Waals surface area contributed by atoms with Crippen molar-refractivity contribution in [2.24, 2.45) is 0 Å². The van der Waals surface area contributed by atoms with Gasteiger partial charge >= 0.3 is 0 Å². The van der Waals surface area contributed by atoms with Gasteiger partial charge in [-0.25, -0.2) is 4.39 Å². The summed E-state index contributed by atoms with van der Waals surface area (Å²) < 4.78 is 13.1. The summed E-state index contributed by atoms with van der Waals surface area (Å²) in [5.41, 5.74) is 2.57. The SMILES string of the molecule is N#CC1(c2cc(CNC(=O)c3ccc(Cl)cc3)ccn2)CCN(Cc2ccc(F)cc2)CC1. The van der Waals surface area contributed by atoms with E-state index in [2.05, 4.69) is 21.3 Å². The van der Waals surface area contributed by atoms with E-state index in [0.717, 1.165) is 36.5 Å². The topological polar surface area (TPSA) is 69.0 Å². The van der Waals surface area contributed by atoms with Gasteiger partial charge in [0.15, 0.2) is 0 Å². The lowest BCUT2D eigenvalue weighted by atomic mass is 9.76. The molecular formula is C26H24ClFN4O. The van der Waals surface area contributed by atoms with Gasteiger partial charge < -0.3 is 5.32 Å². The second-order valence-electron chi connectivity index (χ2n) is 8.34. The summed E-state index contributed by atoms with van der Waals surface area (Å²) in [5, 5.41) is 13.5. The van der Waals surface area contributed by atoms with Crippen LogP contribution in [-0.4, -0.2) is 28.9 Å². The highest BCUT2D eigenvalue weighted by molar-refractivity contribution is 6.30. The van der Waals surface area contributed by atoms with Crippen LogP contribution in [0, 0.1) is 17.1 Å². The number of nitrogens with one attached hydrogen (secondary N) is 1. The molecule has 1 aliphatic heterocycles. The van der Waals surface area contributed by atoms with Gasteiger partial charge in [0, 0.05) is 43.0 Å². The Morgan fingerprint density at radius 3 is 2.45 bits per heavy atom. The molecule has 0 bridgehead atoms. The Kier molecular flexibility index (Phi) is 7.02. The molecule has 0 radical (unpaired) electrons. The minimum atomic E-state index is -0.657. The molecule has 0 unspecified atom stereocenters. The summed E-state index contributed by atoms with van der Waals surface area (Å²) in [4.78, 5) is 19.2. The maximum absolute atomic E-state index is 13.1. The van der Waals surface area contributed by atoms with E-state index in [1.165, 1.54) is 12.1 Å². The number of benzene rings is 2. The molecule has 2 heterocycles. The van der Waals surface area contributed by atoms with Crippen molar-refractivity contribution in [1.82, 2.24) is 15.2 Å². The first-order chi connectivity index (χ1) is 16.0. The van der Waals surface area contributed by atoms with Crippen LogP contribution in [0.15, 0.2) is 66.9 Å². The summed E-state index contributed by atoms with van der Waals surface area (Å²) >= 11 is 5.88. The van der Waals surface area contributed by atoms with Crippen LogP contribution in [0.4, 0.5) is 4.39 Å². The molecule has 0 atom stereocenters. The monoisotopic (exact) mass is 462 g/mol. The molecule has 0 aliphatic carbocycles. The zero-order valence-corrected chi connectivity index (χ0v) is 18.9. The number of piperidine rings is 1. The van der Waals surface area contributed by atoms with Crippen molar-refractivity contribution in [2.75, 3.05) is 13.1 Å². The first-order valence-corrected chi connectivity index (χ1v) is 11.2. The molecule has 5 nitrogen and oxygen atoms in total. The summed E-state index contributed by atoms with van der Waals surface area (Å²) in [6.07, 6.45) is 3.03. The quantitative estimate of drug-likeness (QED) is 0.568. The average molecular weight is 463 g/mol. The number of rotatable bonds is 6. The first kappa shape index (κ1) is 22.9. The number of halogens is 2. The van der Waals surface area contributed by atoms with Gasteiger partial charge in [-0.3, -0.25) is 14.7 Å². The summed E-state index contributed by atoms with van der Waals surface area (Å²) in [7, 11) is 0. The van der Waals surface area contributed by atoms with Crippen LogP contribution in [0.1, 0.15) is 40.0 Å². The van der Waals surface area contributed by atoms with Crippen LogP contribution in [0.25, 0.3) is 0 Å². The number of amides is 1. The molecule has 1 aliphatic rings. The van der Waals surface area contributed by atoms with E-state index in [1.807, 2.05) is 12.1 Å². The Morgan fingerprint density at radius 1 is 1.09 bits per heavy atom. The van der Waals surface area contributed by atoms with Gasteiger partial charge in [0.25, 0.3) is 5.91 Å². The number of nitriles is 1. The summed E-state index contributed by atoms with van der Waals surface area (Å²) in [6.45, 7) is 2.58. The van der Waals surface area contributed by atoms with Crippen molar-refractivity contribution in [2.45, 2.75) is 31.3 Å². The van der Waals surface area contributed by atoms with E-state index in [0.29, 0.717) is 30.0 Å². The van der Waals surface area contributed by atoms with Gasteiger partial charge in [-0.15, -0.1) is 0 Å². The number of aromatic nitrogens is 1. The maximum atomic E-state index is 13.1. The molecule has 1 N–H and O–H groups in total. The van der Waals surface area contributed by atoms with Crippen molar-refractivity contribution >= 4 is 17.5 Å². The minimum absolute atomic E-state index is 0.186. The van der Waals surface area contributed by atoms with Crippen molar-refractivity contribution in [3.05, 3.63) is 100 Å². The van der Waals surface area contributed by atoms with Crippen LogP contribution < -0.4 is 5.32 Å². The minimum Gasteiger partial charge on any atom is -0.348 e. The Morgan fingerprint density at radius 2 is 1.79 bits per heavy atom. The predicted octanol–water partition coefficient (Wildman–Crippen LogP) is 4.86. The lowest BCUT2D eigenvalue weighted by molar-refractivity contribution is 0.0951. The molecule has 4 rings (SSSR count). The van der Waals surface area contributed by atoms with Crippen molar-refractivity contribution in [3.63, 3.8) is 0 Å². The number of hydrogen-bond donors (Lipinski definition) is 1. The molecule has 2 aromatic carbocycles. The van der Waals surface area contributed by atoms with Crippen LogP contribution in [0.5, 0.6) is 0 Å². The van der Waals surface area contributed by atoms with Gasteiger partial charge in [0.05, 0.1) is 11.8 Å². The average Bonchev–Trinajstić information content (AvgIpc) is 2.85. The number of pyridine rings is 1. The summed E-state index contributed by atoms with van der Waals surface area (Å²) in [6, 6.07) is 19.5. The Hall–Kier alpha value is -3.27. The Bertz CT molecular complexity index is 1150. The van der Waals surface area contributed by atoms with Crippen molar-refractivity contribution in [3.8, 4) is 6.07 Å². The standard InChI is InChI=1S/C26H24ClFN4O/c27-22-5-3-21(4-6-22)25(33)31-16-20-9-12-30-24(15-20)26(18-29)10-13-32(14-11-26)17-19-1-7-23(28)8-2-19/h1-9,12,15H,10-11,13-14,16-17H2,(H,31,33). The molecule has 1 amide bonds. The van der Waals surface area contributed by atoms with E-state index in [9.17, 15) is 14.4 Å². The zero-order valence-electron chi connectivity index (χ0n) is 18.1. The fourth-order valence-electron chi connectivity index (χ4n) is 4.10. The molecule has 0 spiro atoms. The second kappa shape index (κ2) is 10.1. The van der Waals surface area contributed by atoms with Crippen molar-refractivity contribution in [1.29, 1.82) is 5.26 Å². The first-order valence-electron chi connectivity index (χ1n) is 10.8. The number of hydrogen-bond acceptors (Lipinski definition) is 4. The maximum Gasteiger partial charge on any atom is 0.251 e. The number of likely N-dealkylation sites (tertiary alicyclic amines) is 1. The normalized spacial score (nSPS) is 15.5. The molecule has 168 valence electrons. The van der Waals surface area contributed by atoms with Gasteiger partial charge in [0.1, 0.15) is 11.2 Å². The number of carbonyl (C=O) groups excluding carboxylic acids is 1. The molecule has 1 fully saturated rings. The van der Waals surface area contributed by atoms with E-state index in [4.69, 9.17) is 11.6 Å². The van der Waals surface area contributed by atoms with E-state index in [-0.39, 0.29) is 11.7 Å². The molecular weight excluding hydrogens is 439 g/mol. The van der Waals surface area contributed by atoms with Crippen LogP contribution in [0.2, 0.25) is 5.02 Å². The lowest BCUT2D eigenvalue weighted by Crippen LogP contribution is -2.42. The highest BCUT2D eigenvalue weighted by Gasteiger charge is 2.37. The third kappa shape index (κ3) is 5.57. The van der Waals surface area contributed by atoms with E-state index < -0.39 is 5.41 Å². The Balaban J connectivity index is 1.39. The third-order valence-corrected chi connectivity index (χ3v) is 6.37. The number of carbonyl (C=O) groups is 1. The Labute approximate surface area is 197 Å². The zero-order chi connectivity index (χ0) is 23.3. The fourth-order valence-corrected chi connectivity index (χ4v) is 4.22. The van der Waals surface area contributed by atoms with Gasteiger partial charge in [-0.2, -0.15) is 5.26 Å². The molecule has 1 aromatic heterocycles. The largest absolute Gasteiger partial charge is 0.348 e. The molecule has 3 aromatic rings. The van der Waals surface area contributed by atoms with Gasteiger partial charge in [0.2, 0.25) is 0 Å². The van der Waals surface area contributed by atoms with Gasteiger partial charge in [-0.1, -0.05) is 23.7 Å². The van der Waals surface area contributed by atoms with Crippen LogP contribution in [0.3, 0.4) is 0 Å². The van der Waals surface area contributed by atoms with Crippen LogP contribution >= 0.6 is 11.6 Å². The smallest absolute Gasteiger partial charge is 0.251 e. The van der Waals surface area contributed by atoms with Crippen molar-refractivity contribution < 1.29 is 9.18 Å². The van der Waals surface area contributed by atoms with E-state index in [1.54, 1.807) is 42.6 Å². The van der Waals surface area contributed by atoms with Gasteiger partial charge in [-0.05, 0) is 72.5 Å². The third-order valence-electron chi connectivity index (χ3n) is 6.12.